The average molecular weight is 411 g/mol. The Morgan fingerprint density at radius 1 is 1.29 bits per heavy atom. The van der Waals surface area contributed by atoms with Crippen LogP contribution in [0.15, 0.2) is 35.7 Å². The third-order valence-electron chi connectivity index (χ3n) is 4.69. The molecule has 1 saturated heterocycles. The van der Waals surface area contributed by atoms with Crippen LogP contribution >= 0.6 is 0 Å². The molecule has 0 aliphatic carbocycles. The number of hydrogen-bond donors (Lipinski definition) is 2. The summed E-state index contributed by atoms with van der Waals surface area (Å²) in [5.41, 5.74) is 0.271. The fourth-order valence-electron chi connectivity index (χ4n) is 3.17. The number of sulfonamides is 1. The molecule has 28 heavy (non-hydrogen) atoms. The van der Waals surface area contributed by atoms with Crippen LogP contribution in [0.2, 0.25) is 0 Å². The first-order chi connectivity index (χ1) is 13.3. The van der Waals surface area contributed by atoms with Gasteiger partial charge in [0.25, 0.3) is 0 Å². The van der Waals surface area contributed by atoms with E-state index in [0.717, 1.165) is 18.9 Å². The molecular weight excluding hydrogens is 385 g/mol. The molecule has 0 aromatic heterocycles. The van der Waals surface area contributed by atoms with Crippen molar-refractivity contribution >= 4 is 21.8 Å². The van der Waals surface area contributed by atoms with Gasteiger partial charge in [-0.25, -0.2) is 12.8 Å². The number of piperidine rings is 1. The Labute approximate surface area is 165 Å². The lowest BCUT2D eigenvalue weighted by molar-refractivity contribution is -0.139. The van der Waals surface area contributed by atoms with Gasteiger partial charge in [0.2, 0.25) is 10.0 Å². The second kappa shape index (κ2) is 9.79. The first-order valence-electron chi connectivity index (χ1n) is 9.22. The molecule has 1 aromatic rings. The van der Waals surface area contributed by atoms with Crippen molar-refractivity contribution in [2.45, 2.75) is 43.5 Å². The molecule has 2 amide bonds. The van der Waals surface area contributed by atoms with Crippen LogP contribution in [-0.4, -0.2) is 50.2 Å². The minimum absolute atomic E-state index is 0.0612. The minimum Gasteiger partial charge on any atom is -0.348 e. The number of rotatable bonds is 7. The Morgan fingerprint density at radius 3 is 2.68 bits per heavy atom. The lowest BCUT2D eigenvalue weighted by Crippen LogP contribution is -2.46. The van der Waals surface area contributed by atoms with Gasteiger partial charge < -0.3 is 10.6 Å². The second-order valence-electron chi connectivity index (χ2n) is 6.72. The lowest BCUT2D eigenvalue weighted by Gasteiger charge is -2.34. The van der Waals surface area contributed by atoms with Crippen LogP contribution < -0.4 is 10.6 Å². The Balaban J connectivity index is 2.03. The predicted molar refractivity (Wildman–Crippen MR) is 104 cm³/mol. The Kier molecular flexibility index (Phi) is 7.70. The number of hydrogen-bond acceptors (Lipinski definition) is 4. The van der Waals surface area contributed by atoms with Crippen LogP contribution in [0, 0.1) is 12.7 Å². The van der Waals surface area contributed by atoms with Gasteiger partial charge in [0.05, 0.1) is 4.90 Å². The maximum absolute atomic E-state index is 13.5. The molecule has 2 N–H and O–H groups in total. The summed E-state index contributed by atoms with van der Waals surface area (Å²) in [6.07, 6.45) is 4.14. The van der Waals surface area contributed by atoms with Gasteiger partial charge in [0.1, 0.15) is 5.82 Å². The first kappa shape index (κ1) is 22.0. The van der Waals surface area contributed by atoms with Crippen molar-refractivity contribution < 1.29 is 22.4 Å². The van der Waals surface area contributed by atoms with Crippen LogP contribution in [-0.2, 0) is 19.6 Å². The van der Waals surface area contributed by atoms with Crippen molar-refractivity contribution in [3.05, 3.63) is 42.2 Å². The maximum Gasteiger partial charge on any atom is 0.309 e. The monoisotopic (exact) mass is 411 g/mol. The highest BCUT2D eigenvalue weighted by Gasteiger charge is 2.33. The Hall–Kier alpha value is -2.26. The molecule has 0 radical (unpaired) electrons. The SMILES string of the molecule is C=CCNC(=O)C(=O)NCCC1CCCCN1S(=O)(=O)c1ccc(F)c(C)c1. The molecule has 1 atom stereocenters. The normalized spacial score (nSPS) is 17.7. The third kappa shape index (κ3) is 5.39. The molecule has 9 heteroatoms. The molecule has 1 heterocycles. The van der Waals surface area contributed by atoms with E-state index in [0.29, 0.717) is 19.4 Å². The topological polar surface area (TPSA) is 95.6 Å². The van der Waals surface area contributed by atoms with E-state index in [2.05, 4.69) is 17.2 Å². The van der Waals surface area contributed by atoms with Crippen molar-refractivity contribution in [1.82, 2.24) is 14.9 Å². The summed E-state index contributed by atoms with van der Waals surface area (Å²) in [4.78, 5) is 23.3. The molecule has 7 nitrogen and oxygen atoms in total. The quantitative estimate of drug-likeness (QED) is 0.525. The van der Waals surface area contributed by atoms with Crippen LogP contribution in [0.4, 0.5) is 4.39 Å². The van der Waals surface area contributed by atoms with Crippen LogP contribution in [0.25, 0.3) is 0 Å². The average Bonchev–Trinajstić information content (AvgIpc) is 2.68. The number of carbonyl (C=O) groups is 2. The molecule has 1 fully saturated rings. The van der Waals surface area contributed by atoms with Gasteiger partial charge in [-0.15, -0.1) is 6.58 Å². The van der Waals surface area contributed by atoms with Crippen molar-refractivity contribution in [1.29, 1.82) is 0 Å². The summed E-state index contributed by atoms with van der Waals surface area (Å²) >= 11 is 0. The minimum atomic E-state index is -3.77. The third-order valence-corrected chi connectivity index (χ3v) is 6.63. The Morgan fingerprint density at radius 2 is 2.00 bits per heavy atom. The first-order valence-corrected chi connectivity index (χ1v) is 10.7. The summed E-state index contributed by atoms with van der Waals surface area (Å²) < 4.78 is 41.0. The summed E-state index contributed by atoms with van der Waals surface area (Å²) in [6.45, 7) is 5.72. The van der Waals surface area contributed by atoms with E-state index in [4.69, 9.17) is 0 Å². The number of aryl methyl sites for hydroxylation is 1. The molecule has 1 unspecified atom stereocenters. The number of benzene rings is 1. The van der Waals surface area contributed by atoms with E-state index in [1.165, 1.54) is 29.4 Å². The fraction of sp³-hybridized carbons (Fsp3) is 0.474. The molecule has 0 saturated carbocycles. The maximum atomic E-state index is 13.5. The van der Waals surface area contributed by atoms with E-state index in [1.54, 1.807) is 0 Å². The van der Waals surface area contributed by atoms with E-state index in [1.807, 2.05) is 0 Å². The van der Waals surface area contributed by atoms with Crippen molar-refractivity contribution in [2.75, 3.05) is 19.6 Å². The van der Waals surface area contributed by atoms with Gasteiger partial charge in [0.15, 0.2) is 0 Å². The molecule has 1 aliphatic heterocycles. The van der Waals surface area contributed by atoms with E-state index in [-0.39, 0.29) is 29.6 Å². The van der Waals surface area contributed by atoms with Crippen LogP contribution in [0.3, 0.4) is 0 Å². The largest absolute Gasteiger partial charge is 0.348 e. The van der Waals surface area contributed by atoms with Gasteiger partial charge in [0, 0.05) is 25.7 Å². The van der Waals surface area contributed by atoms with Crippen LogP contribution in [0.1, 0.15) is 31.2 Å². The molecule has 2 rings (SSSR count). The van der Waals surface area contributed by atoms with E-state index in [9.17, 15) is 22.4 Å². The zero-order chi connectivity index (χ0) is 20.7. The number of nitrogens with zero attached hydrogens (tertiary/aromatic N) is 1. The summed E-state index contributed by atoms with van der Waals surface area (Å²) in [7, 11) is -3.77. The summed E-state index contributed by atoms with van der Waals surface area (Å²) in [5, 5.41) is 4.89. The number of nitrogens with one attached hydrogen (secondary N) is 2. The number of carbonyl (C=O) groups excluding carboxylic acids is 2. The lowest BCUT2D eigenvalue weighted by atomic mass is 10.0. The zero-order valence-corrected chi connectivity index (χ0v) is 16.7. The smallest absolute Gasteiger partial charge is 0.309 e. The predicted octanol–water partition coefficient (Wildman–Crippen LogP) is 1.49. The highest BCUT2D eigenvalue weighted by atomic mass is 32.2. The molecule has 1 aromatic carbocycles. The van der Waals surface area contributed by atoms with Crippen LogP contribution in [0.5, 0.6) is 0 Å². The van der Waals surface area contributed by atoms with E-state index < -0.39 is 27.7 Å². The molecule has 154 valence electrons. The highest BCUT2D eigenvalue weighted by Crippen LogP contribution is 2.27. The Bertz CT molecular complexity index is 842. The van der Waals surface area contributed by atoms with Gasteiger partial charge in [-0.3, -0.25) is 9.59 Å². The molecule has 1 aliphatic rings. The van der Waals surface area contributed by atoms with E-state index >= 15 is 0 Å². The van der Waals surface area contributed by atoms with Crippen molar-refractivity contribution in [3.8, 4) is 0 Å². The van der Waals surface area contributed by atoms with Crippen molar-refractivity contribution in [2.24, 2.45) is 0 Å². The molecule has 0 bridgehead atoms. The molecule has 0 spiro atoms. The fourth-order valence-corrected chi connectivity index (χ4v) is 4.98. The summed E-state index contributed by atoms with van der Waals surface area (Å²) in [6, 6.07) is 3.47. The number of amides is 2. The van der Waals surface area contributed by atoms with Gasteiger partial charge in [-0.1, -0.05) is 12.5 Å². The van der Waals surface area contributed by atoms with Gasteiger partial charge in [-0.05, 0) is 49.9 Å². The van der Waals surface area contributed by atoms with Gasteiger partial charge in [-0.2, -0.15) is 4.31 Å². The molecular formula is C19H26FN3O4S. The highest BCUT2D eigenvalue weighted by molar-refractivity contribution is 7.89. The second-order valence-corrected chi connectivity index (χ2v) is 8.61. The van der Waals surface area contributed by atoms with Gasteiger partial charge >= 0.3 is 11.8 Å². The standard InChI is InChI=1S/C19H26FN3O4S/c1-3-10-21-18(24)19(25)22-11-9-15-6-4-5-12-23(15)28(26,27)16-7-8-17(20)14(2)13-16/h3,7-8,13,15H,1,4-6,9-12H2,2H3,(H,21,24)(H,22,25). The van der Waals surface area contributed by atoms with Crippen molar-refractivity contribution in [3.63, 3.8) is 0 Å². The zero-order valence-electron chi connectivity index (χ0n) is 15.9. The number of halogens is 1. The summed E-state index contributed by atoms with van der Waals surface area (Å²) in [5.74, 6) is -1.97.